The van der Waals surface area contributed by atoms with E-state index in [1.807, 2.05) is 11.5 Å². The van der Waals surface area contributed by atoms with Crippen LogP contribution in [0.2, 0.25) is 0 Å². The molecule has 0 radical (unpaired) electrons. The van der Waals surface area contributed by atoms with Crippen molar-refractivity contribution in [3.8, 4) is 0 Å². The monoisotopic (exact) mass is 387 g/mol. The Labute approximate surface area is 157 Å². The van der Waals surface area contributed by atoms with E-state index in [2.05, 4.69) is 15.3 Å². The molecule has 2 aromatic heterocycles. The highest BCUT2D eigenvalue weighted by Gasteiger charge is 2.15. The Kier molecular flexibility index (Phi) is 5.52. The number of fused-ring (bicyclic) bond motifs is 1. The lowest BCUT2D eigenvalue weighted by molar-refractivity contribution is -0.116. The number of carbonyl (C=O) groups is 1. The molecule has 0 bridgehead atoms. The largest absolute Gasteiger partial charge is 0.328 e. The second-order valence-corrected chi connectivity index (χ2v) is 7.72. The predicted octanol–water partition coefficient (Wildman–Crippen LogP) is 2.06. The third kappa shape index (κ3) is 4.50. The molecule has 3 aromatic rings. The van der Waals surface area contributed by atoms with Crippen molar-refractivity contribution in [1.29, 1.82) is 0 Å². The number of sulfonamides is 1. The molecule has 27 heavy (non-hydrogen) atoms. The van der Waals surface area contributed by atoms with Gasteiger partial charge in [-0.1, -0.05) is 6.92 Å². The minimum Gasteiger partial charge on any atom is -0.328 e. The molecule has 1 amide bonds. The molecule has 0 saturated heterocycles. The van der Waals surface area contributed by atoms with E-state index < -0.39 is 10.0 Å². The molecule has 142 valence electrons. The smallest absolute Gasteiger partial charge is 0.238 e. The van der Waals surface area contributed by atoms with Gasteiger partial charge in [0.25, 0.3) is 0 Å². The lowest BCUT2D eigenvalue weighted by atomic mass is 10.2. The van der Waals surface area contributed by atoms with E-state index in [0.29, 0.717) is 17.6 Å². The van der Waals surface area contributed by atoms with Crippen molar-refractivity contribution in [2.75, 3.05) is 5.32 Å². The Morgan fingerprint density at radius 2 is 1.96 bits per heavy atom. The molecule has 2 heterocycles. The molecule has 0 aliphatic heterocycles. The number of nitrogens with one attached hydrogen (secondary N) is 1. The van der Waals surface area contributed by atoms with Crippen LogP contribution in [0.1, 0.15) is 25.6 Å². The molecule has 0 atom stereocenters. The van der Waals surface area contributed by atoms with Crippen LogP contribution >= 0.6 is 0 Å². The molecular formula is C18H21N5O3S. The minimum absolute atomic E-state index is 0.0260. The van der Waals surface area contributed by atoms with Gasteiger partial charge in [0, 0.05) is 37.5 Å². The Hall–Kier alpha value is -2.78. The van der Waals surface area contributed by atoms with Gasteiger partial charge < -0.3 is 9.88 Å². The predicted molar refractivity (Wildman–Crippen MR) is 103 cm³/mol. The van der Waals surface area contributed by atoms with E-state index in [1.165, 1.54) is 12.1 Å². The van der Waals surface area contributed by atoms with Crippen molar-refractivity contribution in [2.24, 2.45) is 5.14 Å². The second kappa shape index (κ2) is 7.85. The van der Waals surface area contributed by atoms with Crippen molar-refractivity contribution in [3.05, 3.63) is 48.5 Å². The van der Waals surface area contributed by atoms with E-state index in [4.69, 9.17) is 5.14 Å². The van der Waals surface area contributed by atoms with Crippen LogP contribution in [0.5, 0.6) is 0 Å². The molecule has 0 unspecified atom stereocenters. The fraction of sp³-hybridized carbons (Fsp3) is 0.278. The SMILES string of the molecule is CCCn1c(CCC(=O)Nc2ccncc2)nc2cc(S(N)(=O)=O)ccc21. The molecule has 0 aliphatic rings. The molecule has 0 saturated carbocycles. The number of amides is 1. The fourth-order valence-corrected chi connectivity index (χ4v) is 3.42. The molecule has 0 fully saturated rings. The lowest BCUT2D eigenvalue weighted by Crippen LogP contribution is -2.14. The zero-order chi connectivity index (χ0) is 19.4. The first-order valence-corrected chi connectivity index (χ1v) is 10.1. The Balaban J connectivity index is 1.82. The number of aryl methyl sites for hydroxylation is 2. The summed E-state index contributed by atoms with van der Waals surface area (Å²) in [6.07, 6.45) is 4.81. The normalized spacial score (nSPS) is 11.6. The quantitative estimate of drug-likeness (QED) is 0.643. The van der Waals surface area contributed by atoms with Gasteiger partial charge >= 0.3 is 0 Å². The number of primary sulfonamides is 1. The van der Waals surface area contributed by atoms with Gasteiger partial charge in [0.1, 0.15) is 5.82 Å². The zero-order valence-corrected chi connectivity index (χ0v) is 15.7. The molecule has 3 N–H and O–H groups in total. The first-order valence-electron chi connectivity index (χ1n) is 8.60. The first kappa shape index (κ1) is 19.0. The number of imidazole rings is 1. The van der Waals surface area contributed by atoms with Crippen molar-refractivity contribution in [3.63, 3.8) is 0 Å². The first-order chi connectivity index (χ1) is 12.9. The standard InChI is InChI=1S/C18H21N5O3S/c1-2-11-23-16-4-3-14(27(19,25)26)12-15(16)22-17(23)5-6-18(24)21-13-7-9-20-10-8-13/h3-4,7-10,12H,2,5-6,11H2,1H3,(H2,19,25,26)(H,20,21,24). The van der Waals surface area contributed by atoms with Crippen LogP contribution in [-0.2, 0) is 27.8 Å². The number of carbonyl (C=O) groups excluding carboxylic acids is 1. The highest BCUT2D eigenvalue weighted by Crippen LogP contribution is 2.21. The molecule has 9 heteroatoms. The van der Waals surface area contributed by atoms with E-state index in [9.17, 15) is 13.2 Å². The number of hydrogen-bond acceptors (Lipinski definition) is 5. The summed E-state index contributed by atoms with van der Waals surface area (Å²) in [6.45, 7) is 2.77. The molecular weight excluding hydrogens is 366 g/mol. The van der Waals surface area contributed by atoms with Crippen molar-refractivity contribution in [2.45, 2.75) is 37.6 Å². The highest BCUT2D eigenvalue weighted by atomic mass is 32.2. The van der Waals surface area contributed by atoms with E-state index in [1.54, 1.807) is 30.6 Å². The van der Waals surface area contributed by atoms with Crippen molar-refractivity contribution < 1.29 is 13.2 Å². The number of anilines is 1. The average Bonchev–Trinajstić information content (AvgIpc) is 2.97. The Morgan fingerprint density at radius 1 is 1.22 bits per heavy atom. The number of pyridine rings is 1. The summed E-state index contributed by atoms with van der Waals surface area (Å²) in [5.41, 5.74) is 2.07. The van der Waals surface area contributed by atoms with E-state index in [-0.39, 0.29) is 17.2 Å². The molecule has 0 spiro atoms. The van der Waals surface area contributed by atoms with Crippen molar-refractivity contribution >= 4 is 32.7 Å². The van der Waals surface area contributed by atoms with Crippen LogP contribution in [0.3, 0.4) is 0 Å². The number of benzene rings is 1. The summed E-state index contributed by atoms with van der Waals surface area (Å²) in [7, 11) is -3.79. The summed E-state index contributed by atoms with van der Waals surface area (Å²) in [5.74, 6) is 0.616. The summed E-state index contributed by atoms with van der Waals surface area (Å²) in [6, 6.07) is 8.10. The minimum atomic E-state index is -3.79. The van der Waals surface area contributed by atoms with E-state index in [0.717, 1.165) is 24.3 Å². The second-order valence-electron chi connectivity index (χ2n) is 6.16. The van der Waals surface area contributed by atoms with Crippen LogP contribution < -0.4 is 10.5 Å². The Bertz CT molecular complexity index is 1060. The summed E-state index contributed by atoms with van der Waals surface area (Å²) < 4.78 is 25.2. The number of hydrogen-bond donors (Lipinski definition) is 2. The molecule has 3 rings (SSSR count). The van der Waals surface area contributed by atoms with Crippen LogP contribution in [0.4, 0.5) is 5.69 Å². The van der Waals surface area contributed by atoms with Crippen LogP contribution in [-0.4, -0.2) is 28.9 Å². The van der Waals surface area contributed by atoms with Crippen LogP contribution in [0.25, 0.3) is 11.0 Å². The van der Waals surface area contributed by atoms with Crippen molar-refractivity contribution in [1.82, 2.24) is 14.5 Å². The number of rotatable bonds is 7. The maximum Gasteiger partial charge on any atom is 0.238 e. The Morgan fingerprint density at radius 3 is 2.63 bits per heavy atom. The summed E-state index contributed by atoms with van der Waals surface area (Å²) in [4.78, 5) is 20.7. The maximum atomic E-state index is 12.2. The fourth-order valence-electron chi connectivity index (χ4n) is 2.88. The molecule has 1 aromatic carbocycles. The van der Waals surface area contributed by atoms with Gasteiger partial charge in [-0.2, -0.15) is 0 Å². The van der Waals surface area contributed by atoms with Gasteiger partial charge in [-0.25, -0.2) is 18.5 Å². The summed E-state index contributed by atoms with van der Waals surface area (Å²) >= 11 is 0. The van der Waals surface area contributed by atoms with Gasteiger partial charge in [-0.3, -0.25) is 9.78 Å². The van der Waals surface area contributed by atoms with E-state index >= 15 is 0 Å². The van der Waals surface area contributed by atoms with Gasteiger partial charge in [0.15, 0.2) is 0 Å². The van der Waals surface area contributed by atoms with Gasteiger partial charge in [-0.05, 0) is 36.8 Å². The van der Waals surface area contributed by atoms with Gasteiger partial charge in [-0.15, -0.1) is 0 Å². The topological polar surface area (TPSA) is 120 Å². The molecule has 8 nitrogen and oxygen atoms in total. The van der Waals surface area contributed by atoms with Crippen LogP contribution in [0, 0.1) is 0 Å². The number of nitrogens with two attached hydrogens (primary N) is 1. The number of aromatic nitrogens is 3. The molecule has 0 aliphatic carbocycles. The average molecular weight is 387 g/mol. The maximum absolute atomic E-state index is 12.2. The third-order valence-electron chi connectivity index (χ3n) is 4.11. The van der Waals surface area contributed by atoms with Gasteiger partial charge in [0.05, 0.1) is 15.9 Å². The van der Waals surface area contributed by atoms with Crippen LogP contribution in [0.15, 0.2) is 47.6 Å². The zero-order valence-electron chi connectivity index (χ0n) is 14.9. The third-order valence-corrected chi connectivity index (χ3v) is 5.03. The highest BCUT2D eigenvalue weighted by molar-refractivity contribution is 7.89. The summed E-state index contributed by atoms with van der Waals surface area (Å²) in [5, 5.41) is 8.02. The van der Waals surface area contributed by atoms with Gasteiger partial charge in [0.2, 0.25) is 15.9 Å². The lowest BCUT2D eigenvalue weighted by Gasteiger charge is -2.08. The number of nitrogens with zero attached hydrogens (tertiary/aromatic N) is 3.